The van der Waals surface area contributed by atoms with Crippen molar-refractivity contribution in [2.75, 3.05) is 14.2 Å². The molecule has 0 N–H and O–H groups in total. The lowest BCUT2D eigenvalue weighted by Crippen LogP contribution is -1.85. The normalized spacial score (nSPS) is 11.7. The second kappa shape index (κ2) is 17.0. The van der Waals surface area contributed by atoms with Gasteiger partial charge in [0.15, 0.2) is 0 Å². The van der Waals surface area contributed by atoms with Crippen LogP contribution in [0.2, 0.25) is 0 Å². The van der Waals surface area contributed by atoms with E-state index in [4.69, 9.17) is 9.47 Å². The topological polar surface area (TPSA) is 18.5 Å². The lowest BCUT2D eigenvalue weighted by molar-refractivity contribution is 0.415. The average molecular weight is 789 g/mol. The Bertz CT molecular complexity index is 3140. The highest BCUT2D eigenvalue weighted by atomic mass is 16.5. The third kappa shape index (κ3) is 8.53. The molecule has 61 heavy (non-hydrogen) atoms. The molecule has 0 amide bonds. The van der Waals surface area contributed by atoms with E-state index in [-0.39, 0.29) is 0 Å². The molecule has 2 nitrogen and oxygen atoms in total. The molecular formula is C59H48O2. The maximum absolute atomic E-state index is 5.38. The minimum Gasteiger partial charge on any atom is -0.497 e. The van der Waals surface area contributed by atoms with Gasteiger partial charge in [0.2, 0.25) is 0 Å². The molecule has 0 aliphatic heterocycles. The van der Waals surface area contributed by atoms with Crippen molar-refractivity contribution in [3.63, 3.8) is 0 Å². The minimum absolute atomic E-state index is 0.880. The minimum atomic E-state index is 0.880. The van der Waals surface area contributed by atoms with Gasteiger partial charge in [-0.25, -0.2) is 0 Å². The largest absolute Gasteiger partial charge is 0.497 e. The van der Waals surface area contributed by atoms with Gasteiger partial charge in [0, 0.05) is 0 Å². The van der Waals surface area contributed by atoms with Crippen molar-refractivity contribution < 1.29 is 9.47 Å². The molecule has 2 heteroatoms. The second-order valence-corrected chi connectivity index (χ2v) is 15.9. The number of allylic oxidation sites excluding steroid dienone is 3. The molecule has 0 bridgehead atoms. The van der Waals surface area contributed by atoms with Gasteiger partial charge in [0.05, 0.1) is 14.2 Å². The van der Waals surface area contributed by atoms with E-state index in [0.717, 1.165) is 11.5 Å². The van der Waals surface area contributed by atoms with Crippen LogP contribution in [-0.4, -0.2) is 14.2 Å². The molecule has 0 saturated carbocycles. The Balaban J connectivity index is 0.000000235. The highest BCUT2D eigenvalue weighted by Crippen LogP contribution is 2.34. The molecule has 0 spiro atoms. The number of rotatable bonds is 7. The third-order valence-electron chi connectivity index (χ3n) is 11.6. The summed E-state index contributed by atoms with van der Waals surface area (Å²) in [6.45, 7) is 6.29. The Labute approximate surface area is 358 Å². The first-order valence-corrected chi connectivity index (χ1v) is 20.9. The summed E-state index contributed by atoms with van der Waals surface area (Å²) in [5, 5.41) is 12.3. The zero-order chi connectivity index (χ0) is 41.9. The van der Waals surface area contributed by atoms with E-state index < -0.39 is 0 Å². The zero-order valence-corrected chi connectivity index (χ0v) is 35.4. The summed E-state index contributed by atoms with van der Waals surface area (Å²) in [4.78, 5) is 0. The highest BCUT2D eigenvalue weighted by molar-refractivity contribution is 5.96. The molecule has 0 fully saturated rings. The molecule has 0 aromatic heterocycles. The van der Waals surface area contributed by atoms with E-state index in [1.807, 2.05) is 19.1 Å². The van der Waals surface area contributed by atoms with Crippen LogP contribution >= 0.6 is 0 Å². The molecule has 0 radical (unpaired) electrons. The van der Waals surface area contributed by atoms with Crippen molar-refractivity contribution >= 4 is 59.9 Å². The first-order chi connectivity index (χ1) is 29.8. The molecule has 0 unspecified atom stereocenters. The van der Waals surface area contributed by atoms with Crippen LogP contribution in [0, 0.1) is 6.92 Å². The molecule has 10 aromatic rings. The summed E-state index contributed by atoms with van der Waals surface area (Å²) < 4.78 is 10.8. The summed E-state index contributed by atoms with van der Waals surface area (Å²) in [5.74, 6) is 1.76. The lowest BCUT2D eigenvalue weighted by atomic mass is 9.94. The Morgan fingerprint density at radius 1 is 0.361 bits per heavy atom. The SMILES string of the molecule is C/C=C/C(C)=C/c1ccc2cc(C)ccc2c1.COc1ccc2cc(-c3ccc4cc(-c5ccc6cc(-c7ccc8cc(OC)ccc8c7)ccc6c5)ccc4c3)ccc2c1. The maximum Gasteiger partial charge on any atom is 0.119 e. The molecule has 0 aliphatic rings. The number of aryl methyl sites for hydroxylation is 1. The number of hydrogen-bond acceptors (Lipinski definition) is 2. The number of benzene rings is 10. The third-order valence-corrected chi connectivity index (χ3v) is 11.6. The van der Waals surface area contributed by atoms with Crippen LogP contribution in [0.4, 0.5) is 0 Å². The molecule has 10 rings (SSSR count). The van der Waals surface area contributed by atoms with E-state index in [1.54, 1.807) is 14.2 Å². The molecule has 296 valence electrons. The van der Waals surface area contributed by atoms with Crippen molar-refractivity contribution in [2.45, 2.75) is 20.8 Å². The van der Waals surface area contributed by atoms with Crippen LogP contribution in [0.25, 0.3) is 93.3 Å². The van der Waals surface area contributed by atoms with E-state index >= 15 is 0 Å². The van der Waals surface area contributed by atoms with Crippen LogP contribution < -0.4 is 9.47 Å². The molecule has 0 aliphatic carbocycles. The van der Waals surface area contributed by atoms with E-state index in [0.29, 0.717) is 0 Å². The predicted octanol–water partition coefficient (Wildman–Crippen LogP) is 16.4. The molecule has 0 heterocycles. The summed E-state index contributed by atoms with van der Waals surface area (Å²) >= 11 is 0. The van der Waals surface area contributed by atoms with Crippen LogP contribution in [-0.2, 0) is 0 Å². The average Bonchev–Trinajstić information content (AvgIpc) is 3.30. The molecule has 0 saturated heterocycles. The van der Waals surface area contributed by atoms with Crippen molar-refractivity contribution in [3.8, 4) is 44.9 Å². The summed E-state index contributed by atoms with van der Waals surface area (Å²) in [6.07, 6.45) is 6.40. The van der Waals surface area contributed by atoms with Crippen molar-refractivity contribution in [1.29, 1.82) is 0 Å². The molecule has 10 aromatic carbocycles. The van der Waals surface area contributed by atoms with Crippen LogP contribution in [0.3, 0.4) is 0 Å². The number of fused-ring (bicyclic) bond motifs is 5. The predicted molar refractivity (Wildman–Crippen MR) is 263 cm³/mol. The van der Waals surface area contributed by atoms with Crippen LogP contribution in [0.15, 0.2) is 200 Å². The Hall–Kier alpha value is -7.42. The number of hydrogen-bond donors (Lipinski definition) is 0. The van der Waals surface area contributed by atoms with Gasteiger partial charge in [0.1, 0.15) is 11.5 Å². The van der Waals surface area contributed by atoms with Gasteiger partial charge >= 0.3 is 0 Å². The zero-order valence-electron chi connectivity index (χ0n) is 35.4. The van der Waals surface area contributed by atoms with Gasteiger partial charge in [-0.1, -0.05) is 145 Å². The molecular weight excluding hydrogens is 741 g/mol. The number of methoxy groups -OCH3 is 2. The van der Waals surface area contributed by atoms with Gasteiger partial charge in [-0.05, 0) is 180 Å². The lowest BCUT2D eigenvalue weighted by Gasteiger charge is -2.10. The van der Waals surface area contributed by atoms with Crippen LogP contribution in [0.5, 0.6) is 11.5 Å². The highest BCUT2D eigenvalue weighted by Gasteiger charge is 2.08. The van der Waals surface area contributed by atoms with Crippen molar-refractivity contribution in [1.82, 2.24) is 0 Å². The summed E-state index contributed by atoms with van der Waals surface area (Å²) in [5.41, 5.74) is 11.2. The standard InChI is InChI=1S/C42H30O2.C17H18/c1-43-41-17-15-37-23-35(11-13-39(37)25-41)33-9-7-29-19-27(3-5-31(29)21-33)28-4-6-32-22-34(10-8-30(32)20-28)36-12-14-40-26-42(44-2)18-16-38(40)24-36;1-4-5-13(2)10-15-7-9-16-11-14(3)6-8-17(16)12-15/h3-26H,1-2H3;4-12H,1-3H3/b;5-4+,13-10+. The van der Waals surface area contributed by atoms with E-state index in [9.17, 15) is 0 Å². The fraction of sp³-hybridized carbons (Fsp3) is 0.0847. The molecule has 0 atom stereocenters. The summed E-state index contributed by atoms with van der Waals surface area (Å²) in [6, 6.07) is 65.9. The van der Waals surface area contributed by atoms with Gasteiger partial charge in [0.25, 0.3) is 0 Å². The van der Waals surface area contributed by atoms with E-state index in [1.165, 1.54) is 104 Å². The monoisotopic (exact) mass is 788 g/mol. The van der Waals surface area contributed by atoms with Crippen molar-refractivity contribution in [3.05, 3.63) is 211 Å². The maximum atomic E-state index is 5.38. The Morgan fingerprint density at radius 2 is 0.672 bits per heavy atom. The first kappa shape index (κ1) is 39.1. The van der Waals surface area contributed by atoms with Gasteiger partial charge < -0.3 is 9.47 Å². The Morgan fingerprint density at radius 3 is 1.05 bits per heavy atom. The Kier molecular flexibility index (Phi) is 10.9. The van der Waals surface area contributed by atoms with Gasteiger partial charge in [-0.2, -0.15) is 0 Å². The summed E-state index contributed by atoms with van der Waals surface area (Å²) in [7, 11) is 3.41. The first-order valence-electron chi connectivity index (χ1n) is 20.9. The smallest absolute Gasteiger partial charge is 0.119 e. The van der Waals surface area contributed by atoms with Crippen LogP contribution in [0.1, 0.15) is 25.0 Å². The fourth-order valence-electron chi connectivity index (χ4n) is 8.32. The van der Waals surface area contributed by atoms with Crippen molar-refractivity contribution in [2.24, 2.45) is 0 Å². The quantitative estimate of drug-likeness (QED) is 0.150. The van der Waals surface area contributed by atoms with Gasteiger partial charge in [-0.15, -0.1) is 0 Å². The fourth-order valence-corrected chi connectivity index (χ4v) is 8.32. The second-order valence-electron chi connectivity index (χ2n) is 15.9. The van der Waals surface area contributed by atoms with E-state index in [2.05, 4.69) is 202 Å². The number of ether oxygens (including phenoxy) is 2. The van der Waals surface area contributed by atoms with Gasteiger partial charge in [-0.3, -0.25) is 0 Å².